The number of aromatic nitrogens is 1. The Morgan fingerprint density at radius 1 is 1.53 bits per heavy atom. The SMILES string of the molecule is C#CC(C)NC(=O)Nc1cncc(C(=O)O)c1. The molecular weight excluding hydrogens is 222 g/mol. The molecule has 0 saturated carbocycles. The van der Waals surface area contributed by atoms with Crippen molar-refractivity contribution in [1.82, 2.24) is 10.3 Å². The first kappa shape index (κ1) is 12.5. The van der Waals surface area contributed by atoms with Crippen molar-refractivity contribution in [2.75, 3.05) is 5.32 Å². The number of carbonyl (C=O) groups excluding carboxylic acids is 1. The molecule has 0 radical (unpaired) electrons. The Labute approximate surface area is 98.1 Å². The molecule has 1 aromatic heterocycles. The summed E-state index contributed by atoms with van der Waals surface area (Å²) < 4.78 is 0. The number of terminal acetylenes is 1. The molecule has 1 aromatic rings. The Balaban J connectivity index is 2.69. The highest BCUT2D eigenvalue weighted by Crippen LogP contribution is 2.08. The Hall–Kier alpha value is -2.55. The number of urea groups is 1. The van der Waals surface area contributed by atoms with Gasteiger partial charge < -0.3 is 15.7 Å². The average molecular weight is 233 g/mol. The lowest BCUT2D eigenvalue weighted by Gasteiger charge is -2.09. The molecule has 1 rings (SSSR count). The van der Waals surface area contributed by atoms with E-state index >= 15 is 0 Å². The molecule has 0 aromatic carbocycles. The fourth-order valence-corrected chi connectivity index (χ4v) is 1.03. The summed E-state index contributed by atoms with van der Waals surface area (Å²) in [5.41, 5.74) is 0.277. The number of aromatic carboxylic acids is 1. The maximum absolute atomic E-state index is 11.4. The predicted molar refractivity (Wildman–Crippen MR) is 61.6 cm³/mol. The van der Waals surface area contributed by atoms with Gasteiger partial charge in [-0.05, 0) is 13.0 Å². The lowest BCUT2D eigenvalue weighted by molar-refractivity contribution is 0.0696. The molecular formula is C11H11N3O3. The molecule has 3 N–H and O–H groups in total. The van der Waals surface area contributed by atoms with Gasteiger partial charge in [-0.1, -0.05) is 5.92 Å². The molecule has 1 unspecified atom stereocenters. The topological polar surface area (TPSA) is 91.3 Å². The summed E-state index contributed by atoms with van der Waals surface area (Å²) in [6.45, 7) is 1.64. The summed E-state index contributed by atoms with van der Waals surface area (Å²) in [7, 11) is 0. The van der Waals surface area contributed by atoms with Crippen LogP contribution in [0.15, 0.2) is 18.5 Å². The zero-order valence-electron chi connectivity index (χ0n) is 9.10. The van der Waals surface area contributed by atoms with E-state index in [1.54, 1.807) is 6.92 Å². The van der Waals surface area contributed by atoms with Crippen molar-refractivity contribution in [3.8, 4) is 12.3 Å². The molecule has 6 nitrogen and oxygen atoms in total. The Morgan fingerprint density at radius 3 is 2.82 bits per heavy atom. The fourth-order valence-electron chi connectivity index (χ4n) is 1.03. The van der Waals surface area contributed by atoms with Crippen LogP contribution < -0.4 is 10.6 Å². The van der Waals surface area contributed by atoms with E-state index in [-0.39, 0.29) is 11.3 Å². The zero-order valence-corrected chi connectivity index (χ0v) is 9.10. The largest absolute Gasteiger partial charge is 0.478 e. The Kier molecular flexibility index (Phi) is 4.06. The third-order valence-corrected chi connectivity index (χ3v) is 1.84. The van der Waals surface area contributed by atoms with E-state index in [0.29, 0.717) is 0 Å². The molecule has 0 spiro atoms. The summed E-state index contributed by atoms with van der Waals surface area (Å²) in [5, 5.41) is 13.6. The van der Waals surface area contributed by atoms with Crippen molar-refractivity contribution >= 4 is 17.7 Å². The standard InChI is InChI=1S/C11H11N3O3/c1-3-7(2)13-11(17)14-9-4-8(10(15)16)5-12-6-9/h1,4-7H,2H3,(H,15,16)(H2,13,14,17). The molecule has 0 fully saturated rings. The number of rotatable bonds is 3. The fraction of sp³-hybridized carbons (Fsp3) is 0.182. The summed E-state index contributed by atoms with van der Waals surface area (Å²) >= 11 is 0. The van der Waals surface area contributed by atoms with Crippen LogP contribution in [0, 0.1) is 12.3 Å². The molecule has 1 atom stereocenters. The van der Waals surface area contributed by atoms with Crippen molar-refractivity contribution < 1.29 is 14.7 Å². The number of pyridine rings is 1. The average Bonchev–Trinajstić information content (AvgIpc) is 2.28. The minimum Gasteiger partial charge on any atom is -0.478 e. The highest BCUT2D eigenvalue weighted by molar-refractivity contribution is 5.92. The highest BCUT2D eigenvalue weighted by atomic mass is 16.4. The maximum Gasteiger partial charge on any atom is 0.337 e. The number of carboxylic acids is 1. The van der Waals surface area contributed by atoms with Gasteiger partial charge in [0, 0.05) is 6.20 Å². The number of carbonyl (C=O) groups is 2. The first-order valence-electron chi connectivity index (χ1n) is 4.75. The van der Waals surface area contributed by atoms with Crippen LogP contribution in [0.1, 0.15) is 17.3 Å². The molecule has 0 aliphatic carbocycles. The maximum atomic E-state index is 11.4. The molecule has 2 amide bonds. The van der Waals surface area contributed by atoms with Gasteiger partial charge in [-0.25, -0.2) is 9.59 Å². The van der Waals surface area contributed by atoms with Gasteiger partial charge in [0.1, 0.15) is 0 Å². The predicted octanol–water partition coefficient (Wildman–Crippen LogP) is 0.923. The van der Waals surface area contributed by atoms with Gasteiger partial charge in [-0.3, -0.25) is 4.98 Å². The molecule has 0 aliphatic heterocycles. The first-order chi connectivity index (χ1) is 8.02. The van der Waals surface area contributed by atoms with Crippen LogP contribution in [0.4, 0.5) is 10.5 Å². The van der Waals surface area contributed by atoms with E-state index < -0.39 is 18.0 Å². The van der Waals surface area contributed by atoms with E-state index in [1.165, 1.54) is 18.5 Å². The molecule has 0 aliphatic rings. The second-order valence-electron chi connectivity index (χ2n) is 3.25. The number of anilines is 1. The number of hydrogen-bond acceptors (Lipinski definition) is 3. The van der Waals surface area contributed by atoms with Gasteiger partial charge in [0.15, 0.2) is 0 Å². The Morgan fingerprint density at radius 2 is 2.24 bits per heavy atom. The van der Waals surface area contributed by atoms with E-state index in [0.717, 1.165) is 0 Å². The van der Waals surface area contributed by atoms with Crippen LogP contribution in [-0.4, -0.2) is 28.1 Å². The summed E-state index contributed by atoms with van der Waals surface area (Å²) in [6, 6.07) is 0.375. The third-order valence-electron chi connectivity index (χ3n) is 1.84. The van der Waals surface area contributed by atoms with Gasteiger partial charge in [0.2, 0.25) is 0 Å². The molecule has 0 saturated heterocycles. The van der Waals surface area contributed by atoms with Crippen molar-refractivity contribution in [2.24, 2.45) is 0 Å². The van der Waals surface area contributed by atoms with E-state index in [4.69, 9.17) is 11.5 Å². The van der Waals surface area contributed by atoms with Crippen molar-refractivity contribution in [2.45, 2.75) is 13.0 Å². The van der Waals surface area contributed by atoms with Crippen LogP contribution in [0.3, 0.4) is 0 Å². The molecule has 1 heterocycles. The molecule has 6 heteroatoms. The normalized spacial score (nSPS) is 11.1. The van der Waals surface area contributed by atoms with Crippen LogP contribution in [0.5, 0.6) is 0 Å². The minimum absolute atomic E-state index is 0.00667. The Bertz CT molecular complexity index is 479. The number of nitrogens with one attached hydrogen (secondary N) is 2. The lowest BCUT2D eigenvalue weighted by atomic mass is 10.2. The molecule has 0 bridgehead atoms. The molecule has 17 heavy (non-hydrogen) atoms. The van der Waals surface area contributed by atoms with Crippen LogP contribution in [0.2, 0.25) is 0 Å². The van der Waals surface area contributed by atoms with E-state index in [1.807, 2.05) is 0 Å². The number of hydrogen-bond donors (Lipinski definition) is 3. The third kappa shape index (κ3) is 3.83. The lowest BCUT2D eigenvalue weighted by Crippen LogP contribution is -2.35. The summed E-state index contributed by atoms with van der Waals surface area (Å²) in [6.07, 6.45) is 7.62. The van der Waals surface area contributed by atoms with Gasteiger partial charge >= 0.3 is 12.0 Å². The smallest absolute Gasteiger partial charge is 0.337 e. The van der Waals surface area contributed by atoms with Crippen LogP contribution in [0.25, 0.3) is 0 Å². The number of amides is 2. The van der Waals surface area contributed by atoms with Crippen molar-refractivity contribution in [3.05, 3.63) is 24.0 Å². The van der Waals surface area contributed by atoms with Gasteiger partial charge in [-0.15, -0.1) is 6.42 Å². The monoisotopic (exact) mass is 233 g/mol. The first-order valence-corrected chi connectivity index (χ1v) is 4.75. The van der Waals surface area contributed by atoms with Crippen molar-refractivity contribution in [3.63, 3.8) is 0 Å². The van der Waals surface area contributed by atoms with Crippen LogP contribution >= 0.6 is 0 Å². The summed E-state index contributed by atoms with van der Waals surface area (Å²) in [4.78, 5) is 25.7. The van der Waals surface area contributed by atoms with E-state index in [9.17, 15) is 9.59 Å². The molecule has 88 valence electrons. The highest BCUT2D eigenvalue weighted by Gasteiger charge is 2.07. The minimum atomic E-state index is -1.11. The second-order valence-corrected chi connectivity index (χ2v) is 3.25. The number of carboxylic acid groups (broad SMARTS) is 1. The van der Waals surface area contributed by atoms with Crippen LogP contribution in [-0.2, 0) is 0 Å². The summed E-state index contributed by atoms with van der Waals surface area (Å²) in [5.74, 6) is 1.22. The van der Waals surface area contributed by atoms with Gasteiger partial charge in [0.05, 0.1) is 23.5 Å². The quantitative estimate of drug-likeness (QED) is 0.677. The van der Waals surface area contributed by atoms with Crippen molar-refractivity contribution in [1.29, 1.82) is 0 Å². The zero-order chi connectivity index (χ0) is 12.8. The number of nitrogens with zero attached hydrogens (tertiary/aromatic N) is 1. The second kappa shape index (κ2) is 5.51. The van der Waals surface area contributed by atoms with Gasteiger partial charge in [0.25, 0.3) is 0 Å². The van der Waals surface area contributed by atoms with Gasteiger partial charge in [-0.2, -0.15) is 0 Å². The van der Waals surface area contributed by atoms with E-state index in [2.05, 4.69) is 21.5 Å².